The lowest BCUT2D eigenvalue weighted by molar-refractivity contribution is -0.153. The standard InChI is InChI=1S/C11H20N2O3S/c1-4-6-8(14)9(15)7-10(16-6)17-11(12-7)13(3)5-2/h6-10,14-15H,4-5H2,1-3H3. The van der Waals surface area contributed by atoms with Gasteiger partial charge >= 0.3 is 0 Å². The lowest BCUT2D eigenvalue weighted by Gasteiger charge is -2.37. The molecule has 2 heterocycles. The zero-order valence-corrected chi connectivity index (χ0v) is 11.2. The van der Waals surface area contributed by atoms with Gasteiger partial charge in [0.15, 0.2) is 5.17 Å². The van der Waals surface area contributed by atoms with Crippen molar-refractivity contribution in [3.05, 3.63) is 0 Å². The van der Waals surface area contributed by atoms with E-state index in [0.717, 1.165) is 11.7 Å². The number of amidine groups is 1. The average Bonchev–Trinajstić information content (AvgIpc) is 2.76. The first-order chi connectivity index (χ1) is 8.08. The highest BCUT2D eigenvalue weighted by molar-refractivity contribution is 8.14. The summed E-state index contributed by atoms with van der Waals surface area (Å²) in [5, 5.41) is 20.8. The predicted octanol–water partition coefficient (Wildman–Crippen LogP) is 0.266. The van der Waals surface area contributed by atoms with E-state index >= 15 is 0 Å². The Morgan fingerprint density at radius 1 is 1.35 bits per heavy atom. The number of aliphatic imine (C=N–C) groups is 1. The summed E-state index contributed by atoms with van der Waals surface area (Å²) in [6.45, 7) is 4.85. The average molecular weight is 260 g/mol. The van der Waals surface area contributed by atoms with E-state index < -0.39 is 12.2 Å². The molecule has 0 aromatic carbocycles. The van der Waals surface area contributed by atoms with Gasteiger partial charge in [0.05, 0.1) is 6.10 Å². The summed E-state index contributed by atoms with van der Waals surface area (Å²) in [6, 6.07) is -0.346. The summed E-state index contributed by atoms with van der Waals surface area (Å²) < 4.78 is 5.78. The Bertz CT molecular complexity index is 313. The second-order valence-corrected chi connectivity index (χ2v) is 5.53. The minimum absolute atomic E-state index is 0.164. The second-order valence-electron chi connectivity index (χ2n) is 4.47. The van der Waals surface area contributed by atoms with Crippen molar-refractivity contribution in [3.8, 4) is 0 Å². The summed E-state index contributed by atoms with van der Waals surface area (Å²) in [5.74, 6) is 0. The predicted molar refractivity (Wildman–Crippen MR) is 68.1 cm³/mol. The number of ether oxygens (including phenoxy) is 1. The fourth-order valence-electron chi connectivity index (χ4n) is 2.07. The molecule has 0 aromatic rings. The summed E-state index contributed by atoms with van der Waals surface area (Å²) >= 11 is 1.53. The first kappa shape index (κ1) is 13.1. The molecule has 98 valence electrons. The molecular weight excluding hydrogens is 240 g/mol. The van der Waals surface area contributed by atoms with Crippen LogP contribution >= 0.6 is 11.8 Å². The van der Waals surface area contributed by atoms with E-state index in [4.69, 9.17) is 4.74 Å². The quantitative estimate of drug-likeness (QED) is 0.746. The van der Waals surface area contributed by atoms with Crippen LogP contribution < -0.4 is 0 Å². The SMILES string of the molecule is CCC1OC2SC(N(C)CC)=NC2C(O)C1O. The van der Waals surface area contributed by atoms with E-state index in [9.17, 15) is 10.2 Å². The Morgan fingerprint density at radius 3 is 2.65 bits per heavy atom. The molecule has 6 heteroatoms. The lowest BCUT2D eigenvalue weighted by Crippen LogP contribution is -2.54. The van der Waals surface area contributed by atoms with Crippen LogP contribution in [0.25, 0.3) is 0 Å². The molecule has 0 aliphatic carbocycles. The smallest absolute Gasteiger partial charge is 0.162 e. The van der Waals surface area contributed by atoms with Gasteiger partial charge in [-0.05, 0) is 13.3 Å². The van der Waals surface area contributed by atoms with Gasteiger partial charge < -0.3 is 19.8 Å². The molecule has 5 nitrogen and oxygen atoms in total. The molecule has 5 atom stereocenters. The lowest BCUT2D eigenvalue weighted by atomic mass is 9.97. The molecule has 17 heavy (non-hydrogen) atoms. The van der Waals surface area contributed by atoms with E-state index in [0.29, 0.717) is 6.42 Å². The van der Waals surface area contributed by atoms with Crippen LogP contribution in [0.1, 0.15) is 20.3 Å². The largest absolute Gasteiger partial charge is 0.388 e. The van der Waals surface area contributed by atoms with Gasteiger partial charge in [0, 0.05) is 13.6 Å². The minimum atomic E-state index is -0.836. The number of aliphatic hydroxyl groups excluding tert-OH is 2. The van der Waals surface area contributed by atoms with Crippen molar-refractivity contribution >= 4 is 16.9 Å². The molecule has 2 N–H and O–H groups in total. The zero-order chi connectivity index (χ0) is 12.6. The van der Waals surface area contributed by atoms with Gasteiger partial charge in [0.2, 0.25) is 0 Å². The molecular formula is C11H20N2O3S. The van der Waals surface area contributed by atoms with E-state index in [2.05, 4.69) is 4.99 Å². The van der Waals surface area contributed by atoms with Crippen LogP contribution in [0.3, 0.4) is 0 Å². The van der Waals surface area contributed by atoms with Gasteiger partial charge in [-0.2, -0.15) is 0 Å². The third-order valence-electron chi connectivity index (χ3n) is 3.35. The van der Waals surface area contributed by atoms with E-state index in [1.54, 1.807) is 0 Å². The normalized spacial score (nSPS) is 41.0. The van der Waals surface area contributed by atoms with Crippen molar-refractivity contribution < 1.29 is 14.9 Å². The van der Waals surface area contributed by atoms with Gasteiger partial charge in [-0.15, -0.1) is 0 Å². The molecule has 0 aromatic heterocycles. The number of hydrogen-bond donors (Lipinski definition) is 2. The first-order valence-corrected chi connectivity index (χ1v) is 6.93. The number of fused-ring (bicyclic) bond motifs is 1. The molecule has 1 fully saturated rings. The Labute approximate surface area is 106 Å². The van der Waals surface area contributed by atoms with Crippen LogP contribution in [0.5, 0.6) is 0 Å². The Balaban J connectivity index is 2.12. The first-order valence-electron chi connectivity index (χ1n) is 6.05. The molecule has 2 aliphatic rings. The molecule has 1 saturated heterocycles. The Hall–Kier alpha value is -0.300. The van der Waals surface area contributed by atoms with Crippen molar-refractivity contribution in [3.63, 3.8) is 0 Å². The number of thioether (sulfide) groups is 1. The molecule has 0 radical (unpaired) electrons. The van der Waals surface area contributed by atoms with E-state index in [1.807, 2.05) is 25.8 Å². The van der Waals surface area contributed by atoms with Crippen LogP contribution in [0.15, 0.2) is 4.99 Å². The maximum absolute atomic E-state index is 10.1. The highest BCUT2D eigenvalue weighted by Crippen LogP contribution is 2.37. The summed E-state index contributed by atoms with van der Waals surface area (Å²) in [4.78, 5) is 6.47. The third-order valence-corrected chi connectivity index (χ3v) is 4.60. The van der Waals surface area contributed by atoms with Crippen molar-refractivity contribution in [1.29, 1.82) is 0 Å². The number of rotatable bonds is 2. The molecule has 2 rings (SSSR count). The van der Waals surface area contributed by atoms with Crippen molar-refractivity contribution in [2.45, 2.75) is 50.1 Å². The van der Waals surface area contributed by atoms with Crippen LogP contribution in [0.4, 0.5) is 0 Å². The van der Waals surface area contributed by atoms with Crippen LogP contribution in [0, 0.1) is 0 Å². The van der Waals surface area contributed by atoms with Gasteiger partial charge in [0.1, 0.15) is 23.7 Å². The van der Waals surface area contributed by atoms with Gasteiger partial charge in [-0.1, -0.05) is 18.7 Å². The minimum Gasteiger partial charge on any atom is -0.388 e. The molecule has 0 bridgehead atoms. The van der Waals surface area contributed by atoms with Gasteiger partial charge in [0.25, 0.3) is 0 Å². The molecule has 0 spiro atoms. The fourth-order valence-corrected chi connectivity index (χ4v) is 3.33. The molecule has 0 amide bonds. The highest BCUT2D eigenvalue weighted by atomic mass is 32.2. The van der Waals surface area contributed by atoms with Crippen LogP contribution in [-0.4, -0.2) is 63.7 Å². The second kappa shape index (κ2) is 5.14. The topological polar surface area (TPSA) is 65.3 Å². The number of hydrogen-bond acceptors (Lipinski definition) is 6. The maximum Gasteiger partial charge on any atom is 0.162 e. The highest BCUT2D eigenvalue weighted by Gasteiger charge is 2.47. The Kier molecular flexibility index (Phi) is 3.97. The van der Waals surface area contributed by atoms with Crippen LogP contribution in [0.2, 0.25) is 0 Å². The fraction of sp³-hybridized carbons (Fsp3) is 0.909. The zero-order valence-electron chi connectivity index (χ0n) is 10.4. The number of nitrogens with zero attached hydrogens (tertiary/aromatic N) is 2. The van der Waals surface area contributed by atoms with Crippen LogP contribution in [-0.2, 0) is 4.74 Å². The van der Waals surface area contributed by atoms with Gasteiger partial charge in [-0.25, -0.2) is 0 Å². The summed E-state index contributed by atoms with van der Waals surface area (Å²) in [7, 11) is 1.96. The summed E-state index contributed by atoms with van der Waals surface area (Å²) in [6.07, 6.45) is -1.26. The molecule has 5 unspecified atom stereocenters. The van der Waals surface area contributed by atoms with Crippen molar-refractivity contribution in [1.82, 2.24) is 4.90 Å². The molecule has 2 aliphatic heterocycles. The Morgan fingerprint density at radius 2 is 2.06 bits per heavy atom. The van der Waals surface area contributed by atoms with Crippen molar-refractivity contribution in [2.24, 2.45) is 4.99 Å². The number of aliphatic hydroxyl groups is 2. The molecule has 0 saturated carbocycles. The maximum atomic E-state index is 10.1. The van der Waals surface area contributed by atoms with E-state index in [1.165, 1.54) is 11.8 Å². The third kappa shape index (κ3) is 2.31. The van der Waals surface area contributed by atoms with E-state index in [-0.39, 0.29) is 17.6 Å². The van der Waals surface area contributed by atoms with Crippen molar-refractivity contribution in [2.75, 3.05) is 13.6 Å². The monoisotopic (exact) mass is 260 g/mol. The summed E-state index contributed by atoms with van der Waals surface area (Å²) in [5.41, 5.74) is -0.164. The van der Waals surface area contributed by atoms with Gasteiger partial charge in [-0.3, -0.25) is 4.99 Å².